The molecule has 6 nitrogen and oxygen atoms in total. The number of hydrogen-bond acceptors (Lipinski definition) is 6. The van der Waals surface area contributed by atoms with Gasteiger partial charge in [-0.1, -0.05) is 74.5 Å². The topological polar surface area (TPSA) is 93.4 Å². The largest absolute Gasteiger partial charge is 0.394 e. The van der Waals surface area contributed by atoms with E-state index in [1.54, 1.807) is 0 Å². The molecule has 0 aromatic heterocycles. The van der Waals surface area contributed by atoms with Crippen LogP contribution in [0.3, 0.4) is 0 Å². The molecule has 2 heterocycles. The standard InChI is InChI=1S/C32H39NO5/c1-20(2)26-13-12-24(32-31(37)30(36)29(35)28(19-34)38-32)17-25(26)15-22-10-11-23-9-6-14-33(27(23)16-22)18-21-7-4-3-5-8-21/h3-5,7-8,10-13,16-17,20,28-32,34-37H,6,9,14-15,18-19H2,1-2H3/t28-,29-,30+,31-,32+/m1/s1. The van der Waals surface area contributed by atoms with Gasteiger partial charge in [0.25, 0.3) is 0 Å². The second-order valence-electron chi connectivity index (χ2n) is 11.0. The van der Waals surface area contributed by atoms with Gasteiger partial charge in [0.05, 0.1) is 6.61 Å². The van der Waals surface area contributed by atoms with Crippen LogP contribution in [-0.2, 0) is 24.1 Å². The van der Waals surface area contributed by atoms with E-state index in [0.29, 0.717) is 5.92 Å². The van der Waals surface area contributed by atoms with Crippen LogP contribution in [-0.4, -0.2) is 58.0 Å². The maximum atomic E-state index is 10.7. The number of aliphatic hydroxyl groups is 4. The molecule has 1 saturated heterocycles. The summed E-state index contributed by atoms with van der Waals surface area (Å²) in [5, 5.41) is 40.8. The summed E-state index contributed by atoms with van der Waals surface area (Å²) in [6, 6.07) is 23.4. The van der Waals surface area contributed by atoms with Crippen molar-refractivity contribution in [1.82, 2.24) is 0 Å². The summed E-state index contributed by atoms with van der Waals surface area (Å²) in [6.45, 7) is 5.82. The van der Waals surface area contributed by atoms with E-state index in [0.717, 1.165) is 43.5 Å². The lowest BCUT2D eigenvalue weighted by Gasteiger charge is -2.40. The maximum absolute atomic E-state index is 10.7. The third-order valence-electron chi connectivity index (χ3n) is 7.99. The molecular formula is C32H39NO5. The third-order valence-corrected chi connectivity index (χ3v) is 7.99. The summed E-state index contributed by atoms with van der Waals surface area (Å²) < 4.78 is 5.85. The van der Waals surface area contributed by atoms with Crippen LogP contribution in [0.15, 0.2) is 66.7 Å². The van der Waals surface area contributed by atoms with Crippen LogP contribution in [0.1, 0.15) is 65.7 Å². The van der Waals surface area contributed by atoms with Gasteiger partial charge in [0.1, 0.15) is 30.5 Å². The van der Waals surface area contributed by atoms with Crippen molar-refractivity contribution in [3.63, 3.8) is 0 Å². The highest BCUT2D eigenvalue weighted by Crippen LogP contribution is 2.36. The van der Waals surface area contributed by atoms with Crippen molar-refractivity contribution in [2.45, 2.75) is 76.1 Å². The van der Waals surface area contributed by atoms with Crippen molar-refractivity contribution >= 4 is 5.69 Å². The average Bonchev–Trinajstić information content (AvgIpc) is 2.93. The molecule has 0 amide bonds. The first-order valence-corrected chi connectivity index (χ1v) is 13.7. The van der Waals surface area contributed by atoms with E-state index in [4.69, 9.17) is 4.74 Å². The molecule has 0 radical (unpaired) electrons. The number of anilines is 1. The van der Waals surface area contributed by atoms with E-state index in [9.17, 15) is 20.4 Å². The molecule has 1 fully saturated rings. The second kappa shape index (κ2) is 11.6. The lowest BCUT2D eigenvalue weighted by atomic mass is 9.86. The van der Waals surface area contributed by atoms with Crippen LogP contribution in [0, 0.1) is 0 Å². The highest BCUT2D eigenvalue weighted by Gasteiger charge is 2.44. The predicted octanol–water partition coefficient (Wildman–Crippen LogP) is 3.87. The molecule has 0 saturated carbocycles. The molecule has 2 aliphatic heterocycles. The van der Waals surface area contributed by atoms with Crippen LogP contribution >= 0.6 is 0 Å². The van der Waals surface area contributed by atoms with Crippen molar-refractivity contribution < 1.29 is 25.2 Å². The minimum Gasteiger partial charge on any atom is -0.394 e. The predicted molar refractivity (Wildman–Crippen MR) is 148 cm³/mol. The Morgan fingerprint density at radius 1 is 0.895 bits per heavy atom. The first kappa shape index (κ1) is 26.9. The molecule has 38 heavy (non-hydrogen) atoms. The summed E-state index contributed by atoms with van der Waals surface area (Å²) in [5.74, 6) is 0.307. The smallest absolute Gasteiger partial charge is 0.113 e. The van der Waals surface area contributed by atoms with Gasteiger partial charge in [0.2, 0.25) is 0 Å². The molecule has 0 aliphatic carbocycles. The zero-order chi connectivity index (χ0) is 26.8. The molecule has 2 aliphatic rings. The number of fused-ring (bicyclic) bond motifs is 1. The number of rotatable bonds is 7. The van der Waals surface area contributed by atoms with E-state index in [-0.39, 0.29) is 0 Å². The van der Waals surface area contributed by atoms with Crippen LogP contribution in [0.5, 0.6) is 0 Å². The van der Waals surface area contributed by atoms with E-state index in [1.807, 2.05) is 12.1 Å². The highest BCUT2D eigenvalue weighted by molar-refractivity contribution is 5.58. The van der Waals surface area contributed by atoms with Gasteiger partial charge < -0.3 is 30.1 Å². The molecule has 3 aromatic carbocycles. The number of hydrogen-bond donors (Lipinski definition) is 4. The fourth-order valence-corrected chi connectivity index (χ4v) is 5.89. The SMILES string of the molecule is CC(C)c1ccc([C@@H]2O[C@H](CO)[C@@H](O)[C@H](O)[C@H]2O)cc1Cc1ccc2c(c1)N(Cc1ccccc1)CCC2. The number of nitrogens with zero attached hydrogens (tertiary/aromatic N) is 1. The van der Waals surface area contributed by atoms with Crippen molar-refractivity contribution in [3.05, 3.63) is 100 Å². The zero-order valence-electron chi connectivity index (χ0n) is 22.2. The molecule has 0 unspecified atom stereocenters. The van der Waals surface area contributed by atoms with Crippen molar-refractivity contribution in [3.8, 4) is 0 Å². The van der Waals surface area contributed by atoms with Gasteiger partial charge in [-0.3, -0.25) is 0 Å². The molecule has 4 N–H and O–H groups in total. The maximum Gasteiger partial charge on any atom is 0.113 e. The van der Waals surface area contributed by atoms with E-state index >= 15 is 0 Å². The molecule has 6 heteroatoms. The summed E-state index contributed by atoms with van der Waals surface area (Å²) in [6.07, 6.45) is -2.85. The Balaban J connectivity index is 1.44. The van der Waals surface area contributed by atoms with Crippen LogP contribution in [0.25, 0.3) is 0 Å². The van der Waals surface area contributed by atoms with Crippen LogP contribution in [0.4, 0.5) is 5.69 Å². The van der Waals surface area contributed by atoms with Gasteiger partial charge in [0, 0.05) is 18.8 Å². The molecule has 5 rings (SSSR count). The Bertz CT molecular complexity index is 1230. The van der Waals surface area contributed by atoms with Gasteiger partial charge in [-0.15, -0.1) is 0 Å². The Morgan fingerprint density at radius 3 is 2.42 bits per heavy atom. The number of ether oxygens (including phenoxy) is 1. The molecule has 0 spiro atoms. The average molecular weight is 518 g/mol. The zero-order valence-corrected chi connectivity index (χ0v) is 22.2. The summed E-state index contributed by atoms with van der Waals surface area (Å²) in [5.41, 5.74) is 8.29. The minimum atomic E-state index is -1.39. The highest BCUT2D eigenvalue weighted by atomic mass is 16.5. The Kier molecular flexibility index (Phi) is 8.17. The summed E-state index contributed by atoms with van der Waals surface area (Å²) >= 11 is 0. The summed E-state index contributed by atoms with van der Waals surface area (Å²) in [7, 11) is 0. The number of benzene rings is 3. The molecule has 202 valence electrons. The second-order valence-corrected chi connectivity index (χ2v) is 11.0. The van der Waals surface area contributed by atoms with Gasteiger partial charge in [-0.05, 0) is 64.6 Å². The fraction of sp³-hybridized carbons (Fsp3) is 0.438. The molecule has 3 aromatic rings. The number of aliphatic hydroxyl groups excluding tert-OH is 4. The van der Waals surface area contributed by atoms with Crippen LogP contribution < -0.4 is 4.90 Å². The Labute approximate surface area is 225 Å². The third kappa shape index (κ3) is 5.51. The lowest BCUT2D eigenvalue weighted by molar-refractivity contribution is -0.231. The summed E-state index contributed by atoms with van der Waals surface area (Å²) in [4.78, 5) is 2.48. The van der Waals surface area contributed by atoms with Gasteiger partial charge in [-0.25, -0.2) is 0 Å². The fourth-order valence-electron chi connectivity index (χ4n) is 5.89. The monoisotopic (exact) mass is 517 g/mol. The van der Waals surface area contributed by atoms with Gasteiger partial charge in [-0.2, -0.15) is 0 Å². The minimum absolute atomic E-state index is 0.307. The number of aryl methyl sites for hydroxylation is 1. The molecular weight excluding hydrogens is 478 g/mol. The molecule has 0 bridgehead atoms. The van der Waals surface area contributed by atoms with Gasteiger partial charge >= 0.3 is 0 Å². The Hall–Kier alpha value is -2.74. The van der Waals surface area contributed by atoms with Gasteiger partial charge in [0.15, 0.2) is 0 Å². The molecule has 5 atom stereocenters. The van der Waals surface area contributed by atoms with E-state index in [1.165, 1.54) is 27.9 Å². The first-order valence-electron chi connectivity index (χ1n) is 13.7. The first-order chi connectivity index (χ1) is 18.4. The quantitative estimate of drug-likeness (QED) is 0.380. The van der Waals surface area contributed by atoms with E-state index < -0.39 is 37.1 Å². The van der Waals surface area contributed by atoms with Crippen LogP contribution in [0.2, 0.25) is 0 Å². The van der Waals surface area contributed by atoms with Crippen molar-refractivity contribution in [2.75, 3.05) is 18.1 Å². The van der Waals surface area contributed by atoms with Crippen molar-refractivity contribution in [2.24, 2.45) is 0 Å². The Morgan fingerprint density at radius 2 is 1.68 bits per heavy atom. The van der Waals surface area contributed by atoms with Crippen molar-refractivity contribution in [1.29, 1.82) is 0 Å². The van der Waals surface area contributed by atoms with E-state index in [2.05, 4.69) is 73.3 Å². The normalized spacial score (nSPS) is 25.4. The lowest BCUT2D eigenvalue weighted by Crippen LogP contribution is -2.55.